The van der Waals surface area contributed by atoms with E-state index in [1.807, 2.05) is 0 Å². The van der Waals surface area contributed by atoms with Crippen LogP contribution in [0.2, 0.25) is 15.1 Å². The summed E-state index contributed by atoms with van der Waals surface area (Å²) >= 11 is 17.5. The Morgan fingerprint density at radius 1 is 1.47 bits per heavy atom. The first-order valence-electron chi connectivity index (χ1n) is 5.30. The lowest BCUT2D eigenvalue weighted by Crippen LogP contribution is -2.36. The molecule has 1 unspecified atom stereocenters. The summed E-state index contributed by atoms with van der Waals surface area (Å²) in [6.07, 6.45) is 0.461. The monoisotopic (exact) mass is 326 g/mol. The molecule has 19 heavy (non-hydrogen) atoms. The number of carbonyl (C=O) groups excluding carboxylic acids is 1. The van der Waals surface area contributed by atoms with E-state index in [4.69, 9.17) is 39.5 Å². The molecular weight excluding hydrogens is 314 g/mol. The van der Waals surface area contributed by atoms with Crippen LogP contribution in [0.3, 0.4) is 0 Å². The van der Waals surface area contributed by atoms with Crippen molar-refractivity contribution < 1.29 is 14.6 Å². The van der Waals surface area contributed by atoms with Gasteiger partial charge in [0.15, 0.2) is 0 Å². The van der Waals surface area contributed by atoms with Crippen LogP contribution in [0.15, 0.2) is 6.20 Å². The molecule has 0 aliphatic carbocycles. The molecule has 0 fully saturated rings. The van der Waals surface area contributed by atoms with Gasteiger partial charge in [-0.1, -0.05) is 34.8 Å². The predicted molar refractivity (Wildman–Crippen MR) is 74.1 cm³/mol. The Morgan fingerprint density at radius 3 is 2.68 bits per heavy atom. The molecule has 0 saturated carbocycles. The molecule has 0 aliphatic heterocycles. The normalized spacial score (nSPS) is 12.3. The van der Waals surface area contributed by atoms with Crippen LogP contribution < -0.4 is 0 Å². The molecule has 0 aliphatic rings. The van der Waals surface area contributed by atoms with Gasteiger partial charge in [-0.3, -0.25) is 4.79 Å². The summed E-state index contributed by atoms with van der Waals surface area (Å²) in [7, 11) is 2.98. The van der Waals surface area contributed by atoms with Gasteiger partial charge in [-0.25, -0.2) is 4.98 Å². The number of hydrogen-bond acceptors (Lipinski definition) is 4. The molecule has 1 rings (SSSR count). The summed E-state index contributed by atoms with van der Waals surface area (Å²) in [5, 5.41) is 9.80. The third-order valence-corrected chi connectivity index (χ3v) is 3.55. The number of amides is 1. The summed E-state index contributed by atoms with van der Waals surface area (Å²) in [5.74, 6) is -0.460. The second-order valence-electron chi connectivity index (χ2n) is 3.88. The van der Waals surface area contributed by atoms with Crippen molar-refractivity contribution in [1.29, 1.82) is 0 Å². The number of pyridine rings is 1. The number of aliphatic hydroxyl groups is 1. The van der Waals surface area contributed by atoms with Crippen LogP contribution in [0.4, 0.5) is 0 Å². The Kier molecular flexibility index (Phi) is 6.29. The van der Waals surface area contributed by atoms with Crippen molar-refractivity contribution in [2.75, 3.05) is 27.3 Å². The van der Waals surface area contributed by atoms with E-state index in [1.165, 1.54) is 25.3 Å². The van der Waals surface area contributed by atoms with Crippen molar-refractivity contribution in [3.05, 3.63) is 27.0 Å². The molecule has 1 N–H and O–H groups in total. The topological polar surface area (TPSA) is 62.7 Å². The van der Waals surface area contributed by atoms with Crippen molar-refractivity contribution in [1.82, 2.24) is 9.88 Å². The van der Waals surface area contributed by atoms with E-state index >= 15 is 0 Å². The van der Waals surface area contributed by atoms with Gasteiger partial charge in [-0.15, -0.1) is 0 Å². The SMILES string of the molecule is COCC(O)CN(C)C(=O)c1ncc(Cl)c(Cl)c1Cl. The van der Waals surface area contributed by atoms with Crippen LogP contribution in [0.1, 0.15) is 10.5 Å². The Morgan fingerprint density at radius 2 is 2.11 bits per heavy atom. The molecule has 1 amide bonds. The van der Waals surface area contributed by atoms with E-state index < -0.39 is 12.0 Å². The van der Waals surface area contributed by atoms with Gasteiger partial charge in [-0.2, -0.15) is 0 Å². The Balaban J connectivity index is 2.86. The minimum Gasteiger partial charge on any atom is -0.389 e. The number of aliphatic hydroxyl groups excluding tert-OH is 1. The zero-order valence-electron chi connectivity index (χ0n) is 10.4. The minimum atomic E-state index is -0.791. The fraction of sp³-hybridized carbons (Fsp3) is 0.455. The summed E-state index contributed by atoms with van der Waals surface area (Å²) in [6, 6.07) is 0. The third kappa shape index (κ3) is 4.19. The van der Waals surface area contributed by atoms with E-state index in [9.17, 15) is 9.90 Å². The standard InChI is InChI=1S/C11H13Cl3N2O3/c1-16(4-6(17)5-19-2)11(18)10-9(14)8(13)7(12)3-15-10/h3,6,17H,4-5H2,1-2H3. The zero-order valence-corrected chi connectivity index (χ0v) is 12.6. The molecule has 0 radical (unpaired) electrons. The lowest BCUT2D eigenvalue weighted by molar-refractivity contribution is 0.0378. The van der Waals surface area contributed by atoms with Gasteiger partial charge in [0.25, 0.3) is 5.91 Å². The second-order valence-corrected chi connectivity index (χ2v) is 5.04. The number of nitrogens with zero attached hydrogens (tertiary/aromatic N) is 2. The lowest BCUT2D eigenvalue weighted by Gasteiger charge is -2.20. The largest absolute Gasteiger partial charge is 0.389 e. The van der Waals surface area contributed by atoms with Gasteiger partial charge in [0, 0.05) is 26.9 Å². The molecule has 0 spiro atoms. The number of halogens is 3. The van der Waals surface area contributed by atoms with Crippen LogP contribution in [0.5, 0.6) is 0 Å². The van der Waals surface area contributed by atoms with Crippen LogP contribution in [0, 0.1) is 0 Å². The third-order valence-electron chi connectivity index (χ3n) is 2.31. The quantitative estimate of drug-likeness (QED) is 0.900. The summed E-state index contributed by atoms with van der Waals surface area (Å²) < 4.78 is 4.78. The first-order valence-corrected chi connectivity index (χ1v) is 6.43. The average Bonchev–Trinajstić information content (AvgIpc) is 2.35. The highest BCUT2D eigenvalue weighted by molar-refractivity contribution is 6.48. The molecule has 1 aromatic heterocycles. The van der Waals surface area contributed by atoms with Gasteiger partial charge >= 0.3 is 0 Å². The first-order chi connectivity index (χ1) is 8.88. The zero-order chi connectivity index (χ0) is 14.6. The van der Waals surface area contributed by atoms with Crippen LogP contribution >= 0.6 is 34.8 Å². The van der Waals surface area contributed by atoms with Gasteiger partial charge in [0.1, 0.15) is 5.69 Å². The molecule has 1 heterocycles. The van der Waals surface area contributed by atoms with Gasteiger partial charge < -0.3 is 14.7 Å². The summed E-state index contributed by atoms with van der Waals surface area (Å²) in [5.41, 5.74) is -0.0109. The van der Waals surface area contributed by atoms with Crippen LogP contribution in [0.25, 0.3) is 0 Å². The van der Waals surface area contributed by atoms with Crippen LogP contribution in [-0.2, 0) is 4.74 Å². The highest BCUT2D eigenvalue weighted by atomic mass is 35.5. The van der Waals surface area contributed by atoms with E-state index in [-0.39, 0.29) is 33.9 Å². The van der Waals surface area contributed by atoms with Gasteiger partial charge in [0.05, 0.1) is 27.8 Å². The van der Waals surface area contributed by atoms with Crippen LogP contribution in [-0.4, -0.2) is 54.3 Å². The molecule has 0 saturated heterocycles. The number of rotatable bonds is 5. The van der Waals surface area contributed by atoms with Gasteiger partial charge in [0.2, 0.25) is 0 Å². The summed E-state index contributed by atoms with van der Waals surface area (Å²) in [4.78, 5) is 17.2. The molecular formula is C11H13Cl3N2O3. The second kappa shape index (κ2) is 7.26. The van der Waals surface area contributed by atoms with Crippen molar-refractivity contribution in [3.8, 4) is 0 Å². The molecule has 1 atom stereocenters. The van der Waals surface area contributed by atoms with E-state index in [0.717, 1.165) is 0 Å². The Labute approximate surface area is 126 Å². The molecule has 0 aromatic carbocycles. The first kappa shape index (κ1) is 16.5. The van der Waals surface area contributed by atoms with Crippen molar-refractivity contribution in [2.24, 2.45) is 0 Å². The summed E-state index contributed by atoms with van der Waals surface area (Å²) in [6.45, 7) is 0.213. The number of aromatic nitrogens is 1. The van der Waals surface area contributed by atoms with Crippen molar-refractivity contribution in [2.45, 2.75) is 6.10 Å². The predicted octanol–water partition coefficient (Wildman–Crippen LogP) is 2.12. The number of ether oxygens (including phenoxy) is 1. The maximum atomic E-state index is 12.1. The van der Waals surface area contributed by atoms with Gasteiger partial charge in [-0.05, 0) is 0 Å². The van der Waals surface area contributed by atoms with E-state index in [1.54, 1.807) is 0 Å². The maximum Gasteiger partial charge on any atom is 0.273 e. The fourth-order valence-electron chi connectivity index (χ4n) is 1.42. The fourth-order valence-corrected chi connectivity index (χ4v) is 1.98. The number of hydrogen-bond donors (Lipinski definition) is 1. The minimum absolute atomic E-state index is 0.00718. The number of methoxy groups -OCH3 is 1. The smallest absolute Gasteiger partial charge is 0.273 e. The van der Waals surface area contributed by atoms with E-state index in [2.05, 4.69) is 4.98 Å². The van der Waals surface area contributed by atoms with Crippen molar-refractivity contribution in [3.63, 3.8) is 0 Å². The average molecular weight is 328 g/mol. The lowest BCUT2D eigenvalue weighted by atomic mass is 10.3. The highest BCUT2D eigenvalue weighted by Gasteiger charge is 2.21. The van der Waals surface area contributed by atoms with E-state index in [0.29, 0.717) is 0 Å². The molecule has 0 bridgehead atoms. The van der Waals surface area contributed by atoms with Crippen molar-refractivity contribution >= 4 is 40.7 Å². The molecule has 8 heteroatoms. The Hall–Kier alpha value is -0.590. The maximum absolute atomic E-state index is 12.1. The molecule has 5 nitrogen and oxygen atoms in total. The highest BCUT2D eigenvalue weighted by Crippen LogP contribution is 2.31. The number of likely N-dealkylation sites (N-methyl/N-ethyl adjacent to an activating group) is 1. The Bertz CT molecular complexity index is 471. The molecule has 106 valence electrons. The molecule has 1 aromatic rings. The number of carbonyl (C=O) groups is 1.